The SMILES string of the molecule is CCOc1ccc(CC(O)C(=O)O)cc1OC. The molecule has 0 saturated carbocycles. The summed E-state index contributed by atoms with van der Waals surface area (Å²) in [5.41, 5.74) is 0.681. The van der Waals surface area contributed by atoms with Gasteiger partial charge in [-0.25, -0.2) is 4.79 Å². The van der Waals surface area contributed by atoms with E-state index in [-0.39, 0.29) is 6.42 Å². The summed E-state index contributed by atoms with van der Waals surface area (Å²) in [7, 11) is 1.51. The largest absolute Gasteiger partial charge is 0.493 e. The van der Waals surface area contributed by atoms with E-state index in [4.69, 9.17) is 14.6 Å². The summed E-state index contributed by atoms with van der Waals surface area (Å²) in [5.74, 6) is -0.108. The summed E-state index contributed by atoms with van der Waals surface area (Å²) in [5, 5.41) is 17.8. The zero-order valence-corrected chi connectivity index (χ0v) is 9.84. The van der Waals surface area contributed by atoms with Crippen LogP contribution in [0.25, 0.3) is 0 Å². The van der Waals surface area contributed by atoms with E-state index in [2.05, 4.69) is 0 Å². The van der Waals surface area contributed by atoms with Gasteiger partial charge in [0.25, 0.3) is 0 Å². The van der Waals surface area contributed by atoms with Gasteiger partial charge in [0.2, 0.25) is 0 Å². The molecule has 94 valence electrons. The molecule has 5 nitrogen and oxygen atoms in total. The van der Waals surface area contributed by atoms with E-state index in [0.717, 1.165) is 0 Å². The van der Waals surface area contributed by atoms with Crippen LogP contribution in [0.5, 0.6) is 11.5 Å². The van der Waals surface area contributed by atoms with Crippen LogP contribution in [0.2, 0.25) is 0 Å². The second-order valence-corrected chi connectivity index (χ2v) is 3.48. The summed E-state index contributed by atoms with van der Waals surface area (Å²) in [6.07, 6.45) is -1.37. The van der Waals surface area contributed by atoms with Gasteiger partial charge < -0.3 is 19.7 Å². The molecule has 1 atom stereocenters. The summed E-state index contributed by atoms with van der Waals surface area (Å²) in [6.45, 7) is 2.38. The number of carbonyl (C=O) groups is 1. The van der Waals surface area contributed by atoms with E-state index in [0.29, 0.717) is 23.7 Å². The number of aliphatic hydroxyl groups is 1. The fourth-order valence-corrected chi connectivity index (χ4v) is 1.42. The Morgan fingerprint density at radius 1 is 1.41 bits per heavy atom. The monoisotopic (exact) mass is 240 g/mol. The van der Waals surface area contributed by atoms with Crippen molar-refractivity contribution in [3.8, 4) is 11.5 Å². The number of ether oxygens (including phenoxy) is 2. The molecule has 5 heteroatoms. The number of aliphatic carboxylic acids is 1. The summed E-state index contributed by atoms with van der Waals surface area (Å²) >= 11 is 0. The molecular weight excluding hydrogens is 224 g/mol. The number of carboxylic acids is 1. The number of hydrogen-bond acceptors (Lipinski definition) is 4. The molecular formula is C12H16O5. The standard InChI is InChI=1S/C12H16O5/c1-3-17-10-5-4-8(7-11(10)16-2)6-9(13)12(14)15/h4-5,7,9,13H,3,6H2,1-2H3,(H,14,15). The Morgan fingerprint density at radius 3 is 2.65 bits per heavy atom. The highest BCUT2D eigenvalue weighted by Gasteiger charge is 2.15. The lowest BCUT2D eigenvalue weighted by Crippen LogP contribution is -2.21. The maximum atomic E-state index is 10.5. The van der Waals surface area contributed by atoms with E-state index in [1.54, 1.807) is 18.2 Å². The van der Waals surface area contributed by atoms with Crippen molar-refractivity contribution < 1.29 is 24.5 Å². The molecule has 0 heterocycles. The molecule has 17 heavy (non-hydrogen) atoms. The quantitative estimate of drug-likeness (QED) is 0.778. The molecule has 0 radical (unpaired) electrons. The molecule has 0 fully saturated rings. The van der Waals surface area contributed by atoms with Crippen LogP contribution in [0, 0.1) is 0 Å². The lowest BCUT2D eigenvalue weighted by Gasteiger charge is -2.11. The Hall–Kier alpha value is -1.75. The molecule has 0 aliphatic heterocycles. The van der Waals surface area contributed by atoms with Gasteiger partial charge >= 0.3 is 5.97 Å². The minimum atomic E-state index is -1.40. The number of methoxy groups -OCH3 is 1. The Labute approximate surface area is 99.6 Å². The fraction of sp³-hybridized carbons (Fsp3) is 0.417. The van der Waals surface area contributed by atoms with Crippen molar-refractivity contribution in [3.05, 3.63) is 23.8 Å². The summed E-state index contributed by atoms with van der Waals surface area (Å²) in [6, 6.07) is 5.07. The third kappa shape index (κ3) is 3.64. The van der Waals surface area contributed by atoms with Crippen molar-refractivity contribution in [1.82, 2.24) is 0 Å². The van der Waals surface area contributed by atoms with Gasteiger partial charge in [-0.15, -0.1) is 0 Å². The van der Waals surface area contributed by atoms with Crippen molar-refractivity contribution in [2.45, 2.75) is 19.4 Å². The number of rotatable bonds is 6. The Kier molecular flexibility index (Phi) is 4.78. The average molecular weight is 240 g/mol. The predicted molar refractivity (Wildman–Crippen MR) is 61.5 cm³/mol. The zero-order valence-electron chi connectivity index (χ0n) is 9.84. The van der Waals surface area contributed by atoms with Gasteiger partial charge in [0.05, 0.1) is 13.7 Å². The van der Waals surface area contributed by atoms with Crippen molar-refractivity contribution in [3.63, 3.8) is 0 Å². The molecule has 0 spiro atoms. The normalized spacial score (nSPS) is 11.9. The molecule has 0 saturated heterocycles. The van der Waals surface area contributed by atoms with Crippen molar-refractivity contribution in [1.29, 1.82) is 0 Å². The summed E-state index contributed by atoms with van der Waals surface area (Å²) < 4.78 is 10.5. The Balaban J connectivity index is 2.85. The van der Waals surface area contributed by atoms with Crippen LogP contribution in [-0.2, 0) is 11.2 Å². The number of benzene rings is 1. The predicted octanol–water partition coefficient (Wildman–Crippen LogP) is 1.08. The van der Waals surface area contributed by atoms with Crippen LogP contribution in [-0.4, -0.2) is 36.0 Å². The molecule has 1 aromatic rings. The molecule has 1 unspecified atom stereocenters. The first-order valence-corrected chi connectivity index (χ1v) is 5.29. The van der Waals surface area contributed by atoms with E-state index >= 15 is 0 Å². The van der Waals surface area contributed by atoms with Gasteiger partial charge in [-0.05, 0) is 24.6 Å². The van der Waals surface area contributed by atoms with E-state index < -0.39 is 12.1 Å². The highest BCUT2D eigenvalue weighted by Crippen LogP contribution is 2.28. The Morgan fingerprint density at radius 2 is 2.12 bits per heavy atom. The third-order valence-electron chi connectivity index (χ3n) is 2.24. The van der Waals surface area contributed by atoms with Crippen LogP contribution >= 0.6 is 0 Å². The van der Waals surface area contributed by atoms with Crippen molar-refractivity contribution >= 4 is 5.97 Å². The highest BCUT2D eigenvalue weighted by molar-refractivity contribution is 5.72. The molecule has 1 aromatic carbocycles. The van der Waals surface area contributed by atoms with Crippen molar-refractivity contribution in [2.75, 3.05) is 13.7 Å². The first-order valence-electron chi connectivity index (χ1n) is 5.29. The molecule has 0 aliphatic carbocycles. The van der Waals surface area contributed by atoms with E-state index in [1.165, 1.54) is 7.11 Å². The number of aliphatic hydroxyl groups excluding tert-OH is 1. The lowest BCUT2D eigenvalue weighted by atomic mass is 10.1. The van der Waals surface area contributed by atoms with Crippen LogP contribution in [0.15, 0.2) is 18.2 Å². The van der Waals surface area contributed by atoms with Gasteiger partial charge in [-0.2, -0.15) is 0 Å². The molecule has 0 amide bonds. The van der Waals surface area contributed by atoms with Crippen LogP contribution in [0.4, 0.5) is 0 Å². The van der Waals surface area contributed by atoms with Gasteiger partial charge in [0.1, 0.15) is 0 Å². The number of carboxylic acid groups (broad SMARTS) is 1. The topological polar surface area (TPSA) is 76.0 Å². The first-order chi connectivity index (χ1) is 8.08. The fourth-order valence-electron chi connectivity index (χ4n) is 1.42. The van der Waals surface area contributed by atoms with E-state index in [1.807, 2.05) is 6.92 Å². The maximum absolute atomic E-state index is 10.5. The lowest BCUT2D eigenvalue weighted by molar-refractivity contribution is -0.146. The van der Waals surface area contributed by atoms with Gasteiger partial charge in [0, 0.05) is 6.42 Å². The molecule has 0 bridgehead atoms. The second kappa shape index (κ2) is 6.10. The van der Waals surface area contributed by atoms with Crippen LogP contribution in [0.3, 0.4) is 0 Å². The van der Waals surface area contributed by atoms with Gasteiger partial charge in [-0.1, -0.05) is 6.07 Å². The second-order valence-electron chi connectivity index (χ2n) is 3.48. The van der Waals surface area contributed by atoms with Gasteiger partial charge in [-0.3, -0.25) is 0 Å². The minimum absolute atomic E-state index is 0.0398. The van der Waals surface area contributed by atoms with E-state index in [9.17, 15) is 9.90 Å². The maximum Gasteiger partial charge on any atom is 0.332 e. The third-order valence-corrected chi connectivity index (χ3v) is 2.24. The molecule has 1 rings (SSSR count). The highest BCUT2D eigenvalue weighted by atomic mass is 16.5. The number of hydrogen-bond donors (Lipinski definition) is 2. The zero-order chi connectivity index (χ0) is 12.8. The van der Waals surface area contributed by atoms with Gasteiger partial charge in [0.15, 0.2) is 17.6 Å². The van der Waals surface area contributed by atoms with Crippen molar-refractivity contribution in [2.24, 2.45) is 0 Å². The van der Waals surface area contributed by atoms with Crippen LogP contribution < -0.4 is 9.47 Å². The van der Waals surface area contributed by atoms with Crippen LogP contribution in [0.1, 0.15) is 12.5 Å². The summed E-state index contributed by atoms with van der Waals surface area (Å²) in [4.78, 5) is 10.5. The minimum Gasteiger partial charge on any atom is -0.493 e. The molecule has 2 N–H and O–H groups in total. The average Bonchev–Trinajstić information content (AvgIpc) is 2.31. The smallest absolute Gasteiger partial charge is 0.332 e. The molecule has 0 aliphatic rings. The Bertz CT molecular complexity index is 388. The first kappa shape index (κ1) is 13.3. The molecule has 0 aromatic heterocycles.